The highest BCUT2D eigenvalue weighted by Crippen LogP contribution is 2.25. The number of benzene rings is 1. The van der Waals surface area contributed by atoms with E-state index < -0.39 is 0 Å². The van der Waals surface area contributed by atoms with Crippen LogP contribution in [0.5, 0.6) is 0 Å². The molecule has 0 fully saturated rings. The summed E-state index contributed by atoms with van der Waals surface area (Å²) < 4.78 is 0. The summed E-state index contributed by atoms with van der Waals surface area (Å²) in [5.41, 5.74) is 1.52. The second kappa shape index (κ2) is 4.33. The molecule has 0 N–H and O–H groups in total. The van der Waals surface area contributed by atoms with Gasteiger partial charge in [0.1, 0.15) is 11.5 Å². The van der Waals surface area contributed by atoms with Crippen LogP contribution in [0.1, 0.15) is 16.7 Å². The number of rotatable bonds is 1. The van der Waals surface area contributed by atoms with Crippen molar-refractivity contribution >= 4 is 11.8 Å². The molecule has 1 rings (SSSR count). The molecule has 0 aromatic heterocycles. The van der Waals surface area contributed by atoms with Crippen LogP contribution in [0.2, 0.25) is 0 Å². The fourth-order valence-electron chi connectivity index (χ4n) is 1.08. The van der Waals surface area contributed by atoms with Crippen LogP contribution in [0.4, 0.5) is 0 Å². The molecule has 0 unspecified atom stereocenters. The largest absolute Gasteiger partial charge is 0.192 e. The molecule has 0 bridgehead atoms. The summed E-state index contributed by atoms with van der Waals surface area (Å²) in [7, 11) is 0. The third kappa shape index (κ3) is 1.69. The van der Waals surface area contributed by atoms with Gasteiger partial charge in [0.2, 0.25) is 0 Å². The number of hydrogen-bond acceptors (Lipinski definition) is 4. The summed E-state index contributed by atoms with van der Waals surface area (Å²) in [5.74, 6) is 0. The predicted molar refractivity (Wildman–Crippen MR) is 52.1 cm³/mol. The van der Waals surface area contributed by atoms with Crippen LogP contribution < -0.4 is 0 Å². The molecule has 0 aliphatic carbocycles. The Kier molecular flexibility index (Phi) is 3.13. The molecule has 0 amide bonds. The van der Waals surface area contributed by atoms with Gasteiger partial charge in [-0.05, 0) is 36.4 Å². The zero-order chi connectivity index (χ0) is 10.6. The zero-order valence-corrected chi connectivity index (χ0v) is 8.22. The first kappa shape index (κ1) is 10.1. The quantitative estimate of drug-likeness (QED) is 0.514. The highest BCUT2D eigenvalue weighted by molar-refractivity contribution is 8.03. The monoisotopic (exact) mass is 199 g/mol. The van der Waals surface area contributed by atoms with Gasteiger partial charge < -0.3 is 0 Å². The summed E-state index contributed by atoms with van der Waals surface area (Å²) in [5, 5.41) is 28.0. The van der Waals surface area contributed by atoms with Crippen LogP contribution in [-0.2, 0) is 0 Å². The van der Waals surface area contributed by atoms with Gasteiger partial charge in [-0.1, -0.05) is 0 Å². The first-order valence-electron chi connectivity index (χ1n) is 3.74. The van der Waals surface area contributed by atoms with Crippen LogP contribution in [0.3, 0.4) is 0 Å². The van der Waals surface area contributed by atoms with Crippen molar-refractivity contribution in [3.63, 3.8) is 0 Å². The maximum absolute atomic E-state index is 8.86. The molecule has 0 spiro atoms. The highest BCUT2D eigenvalue weighted by Gasteiger charge is 2.09. The molecule has 0 aliphatic rings. The maximum atomic E-state index is 8.86. The first-order chi connectivity index (χ1) is 6.74. The molecule has 14 heavy (non-hydrogen) atoms. The Morgan fingerprint density at radius 1 is 1.14 bits per heavy atom. The molecule has 4 heteroatoms. The lowest BCUT2D eigenvalue weighted by atomic mass is 10.0. The lowest BCUT2D eigenvalue weighted by molar-refractivity contribution is 1.27. The van der Waals surface area contributed by atoms with E-state index in [9.17, 15) is 0 Å². The fraction of sp³-hybridized carbons (Fsp3) is 0.100. The van der Waals surface area contributed by atoms with E-state index in [1.807, 2.05) is 17.5 Å². The molecule has 66 valence electrons. The number of thioether (sulfide) groups is 1. The Morgan fingerprint density at radius 2 is 1.86 bits per heavy atom. The normalized spacial score (nSPS) is 8.43. The van der Waals surface area contributed by atoms with E-state index in [-0.39, 0.29) is 0 Å². The molecule has 0 radical (unpaired) electrons. The van der Waals surface area contributed by atoms with E-state index in [0.29, 0.717) is 21.6 Å². The van der Waals surface area contributed by atoms with E-state index >= 15 is 0 Å². The van der Waals surface area contributed by atoms with E-state index in [2.05, 4.69) is 0 Å². The van der Waals surface area contributed by atoms with Crippen molar-refractivity contribution in [3.05, 3.63) is 28.8 Å². The van der Waals surface area contributed by atoms with Crippen molar-refractivity contribution in [2.75, 3.05) is 0 Å². The third-order valence-electron chi connectivity index (χ3n) is 1.81. The minimum atomic E-state index is 0.413. The van der Waals surface area contributed by atoms with Crippen molar-refractivity contribution in [1.82, 2.24) is 0 Å². The van der Waals surface area contributed by atoms with Gasteiger partial charge in [0, 0.05) is 4.90 Å². The summed E-state index contributed by atoms with van der Waals surface area (Å²) in [4.78, 5) is 0.603. The average Bonchev–Trinajstić information content (AvgIpc) is 2.19. The standard InChI is InChI=1S/C10H5N3S/c1-7-8(4-11)2-3-10(14-6-13)9(7)5-12/h2-3H,1H3. The van der Waals surface area contributed by atoms with Crippen LogP contribution in [0.25, 0.3) is 0 Å². The van der Waals surface area contributed by atoms with E-state index in [1.165, 1.54) is 0 Å². The second-order valence-electron chi connectivity index (χ2n) is 2.53. The van der Waals surface area contributed by atoms with E-state index in [4.69, 9.17) is 15.8 Å². The van der Waals surface area contributed by atoms with Gasteiger partial charge >= 0.3 is 0 Å². The Balaban J connectivity index is 3.41. The van der Waals surface area contributed by atoms with Crippen molar-refractivity contribution in [2.45, 2.75) is 11.8 Å². The third-order valence-corrected chi connectivity index (χ3v) is 2.47. The summed E-state index contributed by atoms with van der Waals surface area (Å²) >= 11 is 0.933. The molecule has 0 saturated heterocycles. The average molecular weight is 199 g/mol. The minimum absolute atomic E-state index is 0.413. The lowest BCUT2D eigenvalue weighted by Crippen LogP contribution is -1.90. The smallest absolute Gasteiger partial charge is 0.138 e. The van der Waals surface area contributed by atoms with Gasteiger partial charge in [-0.15, -0.1) is 0 Å². The van der Waals surface area contributed by atoms with Crippen LogP contribution in [-0.4, -0.2) is 0 Å². The summed E-state index contributed by atoms with van der Waals surface area (Å²) in [6.07, 6.45) is 0. The number of nitriles is 3. The van der Waals surface area contributed by atoms with Gasteiger partial charge in [-0.3, -0.25) is 0 Å². The number of hydrogen-bond donors (Lipinski definition) is 0. The van der Waals surface area contributed by atoms with Gasteiger partial charge in [-0.2, -0.15) is 15.8 Å². The molecule has 0 saturated carbocycles. The Hall–Kier alpha value is -1.96. The molecular formula is C10H5N3S. The predicted octanol–water partition coefficient (Wildman–Crippen LogP) is 2.31. The van der Waals surface area contributed by atoms with Crippen molar-refractivity contribution in [1.29, 1.82) is 15.8 Å². The zero-order valence-electron chi connectivity index (χ0n) is 7.40. The lowest BCUT2D eigenvalue weighted by Gasteiger charge is -2.03. The van der Waals surface area contributed by atoms with Crippen molar-refractivity contribution < 1.29 is 0 Å². The Bertz CT molecular complexity index is 486. The number of thiocyanates is 1. The van der Waals surface area contributed by atoms with Crippen LogP contribution >= 0.6 is 11.8 Å². The van der Waals surface area contributed by atoms with Gasteiger partial charge in [0.25, 0.3) is 0 Å². The molecule has 3 nitrogen and oxygen atoms in total. The molecular weight excluding hydrogens is 194 g/mol. The van der Waals surface area contributed by atoms with Crippen molar-refractivity contribution in [3.8, 4) is 17.5 Å². The highest BCUT2D eigenvalue weighted by atomic mass is 32.2. The summed E-state index contributed by atoms with van der Waals surface area (Å²) in [6.45, 7) is 1.71. The minimum Gasteiger partial charge on any atom is -0.192 e. The SMILES string of the molecule is Cc1c(C#N)ccc(SC#N)c1C#N. The van der Waals surface area contributed by atoms with Crippen LogP contribution in [0, 0.1) is 40.2 Å². The summed E-state index contributed by atoms with van der Waals surface area (Å²) in [6, 6.07) is 7.24. The van der Waals surface area contributed by atoms with E-state index in [1.54, 1.807) is 19.1 Å². The molecule has 1 aromatic rings. The first-order valence-corrected chi connectivity index (χ1v) is 4.56. The Morgan fingerprint density at radius 3 is 2.36 bits per heavy atom. The van der Waals surface area contributed by atoms with E-state index in [0.717, 1.165) is 11.8 Å². The fourth-order valence-corrected chi connectivity index (χ4v) is 1.62. The topological polar surface area (TPSA) is 71.4 Å². The number of nitrogens with zero attached hydrogens (tertiary/aromatic N) is 3. The van der Waals surface area contributed by atoms with Crippen LogP contribution in [0.15, 0.2) is 17.0 Å². The van der Waals surface area contributed by atoms with Gasteiger partial charge in [-0.25, -0.2) is 0 Å². The second-order valence-corrected chi connectivity index (χ2v) is 3.35. The maximum Gasteiger partial charge on any atom is 0.138 e. The molecule has 0 atom stereocenters. The van der Waals surface area contributed by atoms with Gasteiger partial charge in [0.05, 0.1) is 17.2 Å². The molecule has 0 aliphatic heterocycles. The Labute approximate surface area is 86.2 Å². The molecule has 0 heterocycles. The van der Waals surface area contributed by atoms with Gasteiger partial charge in [0.15, 0.2) is 0 Å². The molecule has 1 aromatic carbocycles. The van der Waals surface area contributed by atoms with Crippen molar-refractivity contribution in [2.24, 2.45) is 0 Å².